The van der Waals surface area contributed by atoms with E-state index in [2.05, 4.69) is 10.6 Å². The summed E-state index contributed by atoms with van der Waals surface area (Å²) in [4.78, 5) is 35.5. The molecule has 0 saturated heterocycles. The third-order valence-corrected chi connectivity index (χ3v) is 5.02. The first kappa shape index (κ1) is 22.9. The van der Waals surface area contributed by atoms with Crippen LogP contribution in [0, 0.1) is 16.0 Å². The monoisotopic (exact) mass is 457 g/mol. The molecule has 0 radical (unpaired) electrons. The number of nitro groups is 1. The van der Waals surface area contributed by atoms with E-state index in [0.717, 1.165) is 6.07 Å². The first-order chi connectivity index (χ1) is 13.6. The SMILES string of the molecule is CC(C)[C@@H](NC(=O)c1ccc(Cl)c([N+](=O)[O-])c1)C(=O)NCc1ccc(Cl)cc1Cl. The highest BCUT2D eigenvalue weighted by Gasteiger charge is 2.26. The van der Waals surface area contributed by atoms with E-state index in [1.807, 2.05) is 0 Å². The number of benzene rings is 2. The van der Waals surface area contributed by atoms with Crippen LogP contribution in [0.15, 0.2) is 36.4 Å². The van der Waals surface area contributed by atoms with Gasteiger partial charge in [-0.25, -0.2) is 0 Å². The maximum absolute atomic E-state index is 12.6. The molecule has 0 saturated carbocycles. The average molecular weight is 459 g/mol. The maximum Gasteiger partial charge on any atom is 0.288 e. The molecule has 2 N–H and O–H groups in total. The fraction of sp³-hybridized carbons (Fsp3) is 0.263. The van der Waals surface area contributed by atoms with Gasteiger partial charge in [-0.3, -0.25) is 19.7 Å². The van der Waals surface area contributed by atoms with E-state index in [9.17, 15) is 19.7 Å². The summed E-state index contributed by atoms with van der Waals surface area (Å²) in [7, 11) is 0. The topological polar surface area (TPSA) is 101 Å². The fourth-order valence-electron chi connectivity index (χ4n) is 2.51. The van der Waals surface area contributed by atoms with Gasteiger partial charge in [-0.15, -0.1) is 0 Å². The fourth-order valence-corrected chi connectivity index (χ4v) is 3.17. The predicted octanol–water partition coefficient (Wildman–Crippen LogP) is 4.63. The average Bonchev–Trinajstić information content (AvgIpc) is 2.64. The quantitative estimate of drug-likeness (QED) is 0.466. The van der Waals surface area contributed by atoms with E-state index in [-0.39, 0.29) is 28.7 Å². The highest BCUT2D eigenvalue weighted by atomic mass is 35.5. The Bertz CT molecular complexity index is 950. The lowest BCUT2D eigenvalue weighted by atomic mass is 10.0. The zero-order valence-electron chi connectivity index (χ0n) is 15.5. The summed E-state index contributed by atoms with van der Waals surface area (Å²) in [5.41, 5.74) is 0.314. The molecule has 7 nitrogen and oxygen atoms in total. The summed E-state index contributed by atoms with van der Waals surface area (Å²) in [6, 6.07) is 7.75. The Hall–Kier alpha value is -2.35. The van der Waals surface area contributed by atoms with Crippen LogP contribution >= 0.6 is 34.8 Å². The molecule has 1 atom stereocenters. The highest BCUT2D eigenvalue weighted by molar-refractivity contribution is 6.35. The van der Waals surface area contributed by atoms with Gasteiger partial charge in [0, 0.05) is 28.2 Å². The van der Waals surface area contributed by atoms with Gasteiger partial charge in [0.2, 0.25) is 5.91 Å². The van der Waals surface area contributed by atoms with Gasteiger partial charge in [0.25, 0.3) is 11.6 Å². The van der Waals surface area contributed by atoms with Crippen molar-refractivity contribution >= 4 is 52.3 Å². The van der Waals surface area contributed by atoms with Crippen molar-refractivity contribution in [2.45, 2.75) is 26.4 Å². The summed E-state index contributed by atoms with van der Waals surface area (Å²) in [6.07, 6.45) is 0. The van der Waals surface area contributed by atoms with Crippen LogP contribution in [-0.2, 0) is 11.3 Å². The summed E-state index contributed by atoms with van der Waals surface area (Å²) in [5, 5.41) is 17.2. The van der Waals surface area contributed by atoms with Gasteiger partial charge in [0.15, 0.2) is 0 Å². The van der Waals surface area contributed by atoms with Gasteiger partial charge in [0.1, 0.15) is 11.1 Å². The number of hydrogen-bond donors (Lipinski definition) is 2. The highest BCUT2D eigenvalue weighted by Crippen LogP contribution is 2.25. The van der Waals surface area contributed by atoms with Crippen LogP contribution in [0.5, 0.6) is 0 Å². The Morgan fingerprint density at radius 1 is 1.07 bits per heavy atom. The van der Waals surface area contributed by atoms with Gasteiger partial charge in [-0.1, -0.05) is 54.7 Å². The van der Waals surface area contributed by atoms with Crippen LogP contribution in [0.25, 0.3) is 0 Å². The van der Waals surface area contributed by atoms with Crippen LogP contribution in [-0.4, -0.2) is 22.8 Å². The first-order valence-electron chi connectivity index (χ1n) is 8.56. The number of rotatable bonds is 7. The minimum Gasteiger partial charge on any atom is -0.350 e. The van der Waals surface area contributed by atoms with E-state index in [0.29, 0.717) is 15.6 Å². The number of nitrogens with zero attached hydrogens (tertiary/aromatic N) is 1. The summed E-state index contributed by atoms with van der Waals surface area (Å²) in [6.45, 7) is 3.69. The molecule has 154 valence electrons. The summed E-state index contributed by atoms with van der Waals surface area (Å²) in [5.74, 6) is -1.27. The van der Waals surface area contributed by atoms with Crippen molar-refractivity contribution in [3.63, 3.8) is 0 Å². The molecule has 0 aliphatic heterocycles. The zero-order valence-corrected chi connectivity index (χ0v) is 17.8. The second kappa shape index (κ2) is 9.91. The summed E-state index contributed by atoms with van der Waals surface area (Å²) >= 11 is 17.7. The number of halogens is 3. The van der Waals surface area contributed by atoms with Crippen LogP contribution in [0.2, 0.25) is 15.1 Å². The maximum atomic E-state index is 12.6. The zero-order chi connectivity index (χ0) is 21.7. The van der Waals surface area contributed by atoms with E-state index in [1.165, 1.54) is 12.1 Å². The molecule has 0 fully saturated rings. The number of nitro benzene ring substituents is 1. The predicted molar refractivity (Wildman–Crippen MR) is 113 cm³/mol. The number of hydrogen-bond acceptors (Lipinski definition) is 4. The molecule has 0 unspecified atom stereocenters. The van der Waals surface area contributed by atoms with E-state index >= 15 is 0 Å². The van der Waals surface area contributed by atoms with E-state index < -0.39 is 22.8 Å². The first-order valence-corrected chi connectivity index (χ1v) is 9.70. The van der Waals surface area contributed by atoms with E-state index in [4.69, 9.17) is 34.8 Å². The molecule has 0 aliphatic carbocycles. The minimum absolute atomic E-state index is 0.0281. The molecule has 2 aromatic rings. The third kappa shape index (κ3) is 6.06. The van der Waals surface area contributed by atoms with Gasteiger partial charge in [-0.05, 0) is 35.7 Å². The van der Waals surface area contributed by atoms with Gasteiger partial charge < -0.3 is 10.6 Å². The van der Waals surface area contributed by atoms with Crippen molar-refractivity contribution in [2.75, 3.05) is 0 Å². The third-order valence-electron chi connectivity index (χ3n) is 4.11. The molecule has 29 heavy (non-hydrogen) atoms. The Morgan fingerprint density at radius 2 is 1.76 bits per heavy atom. The molecule has 2 aromatic carbocycles. The lowest BCUT2D eigenvalue weighted by Crippen LogP contribution is -2.49. The van der Waals surface area contributed by atoms with Crippen LogP contribution in [0.3, 0.4) is 0 Å². The van der Waals surface area contributed by atoms with Crippen molar-refractivity contribution in [3.05, 3.63) is 72.7 Å². The Labute approximate surface area is 182 Å². The Balaban J connectivity index is 2.10. The number of carbonyl (C=O) groups is 2. The lowest BCUT2D eigenvalue weighted by Gasteiger charge is -2.22. The van der Waals surface area contributed by atoms with Gasteiger partial charge in [-0.2, -0.15) is 0 Å². The second-order valence-corrected chi connectivity index (χ2v) is 7.82. The van der Waals surface area contributed by atoms with Crippen LogP contribution in [0.4, 0.5) is 5.69 Å². The normalized spacial score (nSPS) is 11.8. The Morgan fingerprint density at radius 3 is 2.34 bits per heavy atom. The lowest BCUT2D eigenvalue weighted by molar-refractivity contribution is -0.384. The molecule has 2 rings (SSSR count). The molecule has 0 heterocycles. The standard InChI is InChI=1S/C19H18Cl3N3O4/c1-10(2)17(19(27)23-9-12-3-5-13(20)8-15(12)22)24-18(26)11-4-6-14(21)16(7-11)25(28)29/h3-8,10,17H,9H2,1-2H3,(H,23,27)(H,24,26)/t17-/m1/s1. The van der Waals surface area contributed by atoms with Gasteiger partial charge in [0.05, 0.1) is 4.92 Å². The van der Waals surface area contributed by atoms with Crippen LogP contribution < -0.4 is 10.6 Å². The molecular weight excluding hydrogens is 441 g/mol. The molecule has 0 bridgehead atoms. The van der Waals surface area contributed by atoms with Crippen molar-refractivity contribution in [1.29, 1.82) is 0 Å². The largest absolute Gasteiger partial charge is 0.350 e. The molecule has 0 spiro atoms. The molecule has 10 heteroatoms. The summed E-state index contributed by atoms with van der Waals surface area (Å²) < 4.78 is 0. The molecule has 0 aromatic heterocycles. The van der Waals surface area contributed by atoms with Crippen LogP contribution in [0.1, 0.15) is 29.8 Å². The van der Waals surface area contributed by atoms with Crippen molar-refractivity contribution < 1.29 is 14.5 Å². The smallest absolute Gasteiger partial charge is 0.288 e. The molecular formula is C19H18Cl3N3O4. The number of carbonyl (C=O) groups excluding carboxylic acids is 2. The number of nitrogens with one attached hydrogen (secondary N) is 2. The van der Waals surface area contributed by atoms with Crippen molar-refractivity contribution in [1.82, 2.24) is 10.6 Å². The van der Waals surface area contributed by atoms with Crippen molar-refractivity contribution in [2.24, 2.45) is 5.92 Å². The molecule has 2 amide bonds. The van der Waals surface area contributed by atoms with Crippen molar-refractivity contribution in [3.8, 4) is 0 Å². The molecule has 0 aliphatic rings. The second-order valence-electron chi connectivity index (χ2n) is 6.57. The van der Waals surface area contributed by atoms with Gasteiger partial charge >= 0.3 is 0 Å². The number of amides is 2. The Kier molecular flexibility index (Phi) is 7.84. The van der Waals surface area contributed by atoms with E-state index in [1.54, 1.807) is 32.0 Å². The minimum atomic E-state index is -0.858.